The van der Waals surface area contributed by atoms with Crippen molar-refractivity contribution < 1.29 is 14.4 Å². The fourth-order valence-electron chi connectivity index (χ4n) is 5.12. The van der Waals surface area contributed by atoms with Crippen LogP contribution in [0.1, 0.15) is 38.7 Å². The number of hydrogen-bond acceptors (Lipinski definition) is 4. The lowest BCUT2D eigenvalue weighted by Gasteiger charge is -2.38. The Morgan fingerprint density at radius 3 is 2.23 bits per heavy atom. The predicted octanol–water partition coefficient (Wildman–Crippen LogP) is 2.68. The molecule has 35 heavy (non-hydrogen) atoms. The second-order valence-electron chi connectivity index (χ2n) is 10.1. The second-order valence-corrected chi connectivity index (χ2v) is 10.1. The minimum atomic E-state index is -0.556. The number of amides is 3. The summed E-state index contributed by atoms with van der Waals surface area (Å²) in [6, 6.07) is 13.4. The molecule has 0 aromatic heterocycles. The fraction of sp³-hybridized carbons (Fsp3) is 0.536. The van der Waals surface area contributed by atoms with Gasteiger partial charge in [0.15, 0.2) is 0 Å². The Labute approximate surface area is 208 Å². The normalized spacial score (nSPS) is 18.0. The number of nitrogens with one attached hydrogen (secondary N) is 1. The van der Waals surface area contributed by atoms with Gasteiger partial charge < -0.3 is 15.1 Å². The molecule has 3 amide bonds. The molecule has 7 nitrogen and oxygen atoms in total. The fourth-order valence-corrected chi connectivity index (χ4v) is 5.12. The van der Waals surface area contributed by atoms with Crippen molar-refractivity contribution in [1.82, 2.24) is 20.0 Å². The summed E-state index contributed by atoms with van der Waals surface area (Å²) in [5.74, 6) is 0.00959. The van der Waals surface area contributed by atoms with Gasteiger partial charge >= 0.3 is 0 Å². The summed E-state index contributed by atoms with van der Waals surface area (Å²) in [5, 5.41) is 5.17. The van der Waals surface area contributed by atoms with E-state index in [4.69, 9.17) is 0 Å². The Kier molecular flexibility index (Phi) is 8.39. The highest BCUT2D eigenvalue weighted by Crippen LogP contribution is 2.19. The van der Waals surface area contributed by atoms with Gasteiger partial charge in [0.1, 0.15) is 6.04 Å². The topological polar surface area (TPSA) is 73.0 Å². The molecule has 0 bridgehead atoms. The zero-order valence-corrected chi connectivity index (χ0v) is 21.0. The van der Waals surface area contributed by atoms with Gasteiger partial charge in [-0.25, -0.2) is 0 Å². The van der Waals surface area contributed by atoms with Crippen molar-refractivity contribution in [3.05, 3.63) is 48.0 Å². The van der Waals surface area contributed by atoms with Crippen molar-refractivity contribution in [2.75, 3.05) is 45.8 Å². The van der Waals surface area contributed by atoms with Gasteiger partial charge in [0.05, 0.1) is 13.0 Å². The molecular weight excluding hydrogens is 440 g/mol. The van der Waals surface area contributed by atoms with E-state index >= 15 is 0 Å². The highest BCUT2D eigenvalue weighted by atomic mass is 16.2. The van der Waals surface area contributed by atoms with Crippen molar-refractivity contribution in [3.8, 4) is 0 Å². The van der Waals surface area contributed by atoms with Crippen molar-refractivity contribution in [3.63, 3.8) is 0 Å². The van der Waals surface area contributed by atoms with Crippen LogP contribution in [0.4, 0.5) is 0 Å². The van der Waals surface area contributed by atoms with Crippen molar-refractivity contribution in [2.24, 2.45) is 5.92 Å². The third-order valence-electron chi connectivity index (χ3n) is 7.23. The van der Waals surface area contributed by atoms with Gasteiger partial charge in [0.2, 0.25) is 17.7 Å². The van der Waals surface area contributed by atoms with Crippen LogP contribution in [0, 0.1) is 5.92 Å². The van der Waals surface area contributed by atoms with Crippen LogP contribution in [-0.2, 0) is 20.8 Å². The smallest absolute Gasteiger partial charge is 0.245 e. The van der Waals surface area contributed by atoms with E-state index in [-0.39, 0.29) is 30.1 Å². The molecule has 0 saturated carbocycles. The number of carbonyl (C=O) groups is 3. The Hall–Kier alpha value is -2.93. The summed E-state index contributed by atoms with van der Waals surface area (Å²) in [6.45, 7) is 8.61. The minimum Gasteiger partial charge on any atom is -0.344 e. The highest BCUT2D eigenvalue weighted by Gasteiger charge is 2.31. The Morgan fingerprint density at radius 2 is 1.51 bits per heavy atom. The minimum absolute atomic E-state index is 0.0160. The van der Waals surface area contributed by atoms with Gasteiger partial charge in [0.25, 0.3) is 0 Å². The predicted molar refractivity (Wildman–Crippen MR) is 138 cm³/mol. The van der Waals surface area contributed by atoms with E-state index in [0.717, 1.165) is 42.3 Å². The summed E-state index contributed by atoms with van der Waals surface area (Å²) in [5.41, 5.74) is 0.961. The lowest BCUT2D eigenvalue weighted by Crippen LogP contribution is -2.57. The first-order valence-corrected chi connectivity index (χ1v) is 13.0. The van der Waals surface area contributed by atoms with Crippen molar-refractivity contribution in [1.29, 1.82) is 0 Å². The molecule has 2 aromatic rings. The monoisotopic (exact) mass is 478 g/mol. The van der Waals surface area contributed by atoms with Crippen LogP contribution in [0.5, 0.6) is 0 Å². The van der Waals surface area contributed by atoms with E-state index in [1.54, 1.807) is 0 Å². The van der Waals surface area contributed by atoms with Gasteiger partial charge in [-0.05, 0) is 41.5 Å². The van der Waals surface area contributed by atoms with Crippen molar-refractivity contribution >= 4 is 28.5 Å². The van der Waals surface area contributed by atoms with Crippen LogP contribution >= 0.6 is 0 Å². The molecule has 0 aliphatic carbocycles. The molecule has 2 aliphatic rings. The molecule has 2 aliphatic heterocycles. The third kappa shape index (κ3) is 6.40. The molecular formula is C28H38N4O3. The van der Waals surface area contributed by atoms with E-state index in [2.05, 4.69) is 10.2 Å². The van der Waals surface area contributed by atoms with Crippen LogP contribution in [-0.4, -0.2) is 84.3 Å². The van der Waals surface area contributed by atoms with Crippen LogP contribution in [0.25, 0.3) is 10.8 Å². The summed E-state index contributed by atoms with van der Waals surface area (Å²) >= 11 is 0. The molecule has 2 heterocycles. The third-order valence-corrected chi connectivity index (χ3v) is 7.23. The van der Waals surface area contributed by atoms with Crippen LogP contribution in [0.2, 0.25) is 0 Å². The Bertz CT molecular complexity index is 1030. The van der Waals surface area contributed by atoms with E-state index in [9.17, 15) is 14.4 Å². The number of nitrogens with zero attached hydrogens (tertiary/aromatic N) is 3. The first-order chi connectivity index (χ1) is 16.9. The Morgan fingerprint density at radius 1 is 0.829 bits per heavy atom. The van der Waals surface area contributed by atoms with Crippen LogP contribution in [0.15, 0.2) is 42.5 Å². The lowest BCUT2D eigenvalue weighted by molar-refractivity contribution is -0.140. The molecule has 2 saturated heterocycles. The number of piperazine rings is 1. The number of likely N-dealkylation sites (tertiary alicyclic amines) is 1. The molecule has 0 radical (unpaired) electrons. The molecule has 188 valence electrons. The largest absolute Gasteiger partial charge is 0.344 e. The maximum atomic E-state index is 13.3. The molecule has 1 atom stereocenters. The first-order valence-electron chi connectivity index (χ1n) is 13.0. The lowest BCUT2D eigenvalue weighted by atomic mass is 9.99. The molecule has 1 unspecified atom stereocenters. The summed E-state index contributed by atoms with van der Waals surface area (Å²) in [7, 11) is 0. The van der Waals surface area contributed by atoms with E-state index in [1.165, 1.54) is 6.42 Å². The molecule has 7 heteroatoms. The molecule has 1 N–H and O–H groups in total. The van der Waals surface area contributed by atoms with E-state index in [0.29, 0.717) is 32.7 Å². The average molecular weight is 479 g/mol. The standard InChI is InChI=1S/C28H38N4O3/c1-21(2)27(29-25(33)19-23-11-8-10-22-9-4-5-12-24(22)23)28(35)32-17-15-30(16-18-32)20-26(34)31-13-6-3-7-14-31/h4-5,8-12,21,27H,3,6-7,13-20H2,1-2H3,(H,29,33). The van der Waals surface area contributed by atoms with Gasteiger partial charge in [-0.15, -0.1) is 0 Å². The van der Waals surface area contributed by atoms with E-state index < -0.39 is 6.04 Å². The van der Waals surface area contributed by atoms with Crippen LogP contribution < -0.4 is 5.32 Å². The molecule has 2 aromatic carbocycles. The second kappa shape index (κ2) is 11.7. The SMILES string of the molecule is CC(C)C(NC(=O)Cc1cccc2ccccc12)C(=O)N1CCN(CC(=O)N2CCCCC2)CC1. The first kappa shape index (κ1) is 25.2. The van der Waals surface area contributed by atoms with Gasteiger partial charge in [-0.2, -0.15) is 0 Å². The average Bonchev–Trinajstić information content (AvgIpc) is 2.88. The molecule has 4 rings (SSSR count). The summed E-state index contributed by atoms with van der Waals surface area (Å²) < 4.78 is 0. The van der Waals surface area contributed by atoms with Gasteiger partial charge in [-0.1, -0.05) is 56.3 Å². The zero-order valence-electron chi connectivity index (χ0n) is 21.0. The zero-order chi connectivity index (χ0) is 24.8. The summed E-state index contributed by atoms with van der Waals surface area (Å²) in [6.07, 6.45) is 3.64. The molecule has 2 fully saturated rings. The van der Waals surface area contributed by atoms with Gasteiger partial charge in [-0.3, -0.25) is 19.3 Å². The quantitative estimate of drug-likeness (QED) is 0.664. The van der Waals surface area contributed by atoms with E-state index in [1.807, 2.05) is 66.1 Å². The number of benzene rings is 2. The Balaban J connectivity index is 1.30. The van der Waals surface area contributed by atoms with Crippen LogP contribution in [0.3, 0.4) is 0 Å². The number of hydrogen-bond donors (Lipinski definition) is 1. The number of rotatable bonds is 7. The van der Waals surface area contributed by atoms with Crippen molar-refractivity contribution in [2.45, 2.75) is 45.6 Å². The summed E-state index contributed by atoms with van der Waals surface area (Å²) in [4.78, 5) is 44.8. The maximum absolute atomic E-state index is 13.3. The maximum Gasteiger partial charge on any atom is 0.245 e. The highest BCUT2D eigenvalue weighted by molar-refractivity contribution is 5.92. The molecule has 0 spiro atoms. The van der Waals surface area contributed by atoms with Gasteiger partial charge in [0, 0.05) is 39.3 Å². The number of carbonyl (C=O) groups excluding carboxylic acids is 3. The number of fused-ring (bicyclic) bond motifs is 1. The number of piperidine rings is 1.